The van der Waals surface area contributed by atoms with Crippen LogP contribution in [0.5, 0.6) is 0 Å². The normalized spacial score (nSPS) is 14.6. The molecule has 6 heteroatoms. The summed E-state index contributed by atoms with van der Waals surface area (Å²) >= 11 is 11.9. The quantitative estimate of drug-likeness (QED) is 0.898. The number of para-hydroxylation sites is 1. The Morgan fingerprint density at radius 3 is 2.21 bits per heavy atom. The van der Waals surface area contributed by atoms with Crippen LogP contribution in [0.3, 0.4) is 0 Å². The van der Waals surface area contributed by atoms with E-state index in [1.807, 2.05) is 23.1 Å². The summed E-state index contributed by atoms with van der Waals surface area (Å²) in [5.74, 6) is 0.0822. The van der Waals surface area contributed by atoms with Gasteiger partial charge in [-0.3, -0.25) is 4.79 Å². The standard InChI is InChI=1S/C18H19Cl2N3O/c19-14-10-15(20)12-16(11-14)21-13-18(24)23-8-6-22(7-9-23)17-4-2-1-3-5-17/h1-5,10-12,21H,6-9,13H2. The first-order valence-corrected chi connectivity index (χ1v) is 8.65. The van der Waals surface area contributed by atoms with Crippen molar-refractivity contribution in [1.29, 1.82) is 0 Å². The summed E-state index contributed by atoms with van der Waals surface area (Å²) in [6.45, 7) is 3.39. The predicted molar refractivity (Wildman–Crippen MR) is 100 cm³/mol. The fraction of sp³-hybridized carbons (Fsp3) is 0.278. The zero-order chi connectivity index (χ0) is 16.9. The van der Waals surface area contributed by atoms with Gasteiger partial charge < -0.3 is 15.1 Å². The molecule has 1 N–H and O–H groups in total. The summed E-state index contributed by atoms with van der Waals surface area (Å²) in [5, 5.41) is 4.19. The summed E-state index contributed by atoms with van der Waals surface area (Å²) in [6.07, 6.45) is 0. The van der Waals surface area contributed by atoms with Crippen molar-refractivity contribution < 1.29 is 4.79 Å². The van der Waals surface area contributed by atoms with Gasteiger partial charge in [0.05, 0.1) is 6.54 Å². The molecule has 24 heavy (non-hydrogen) atoms. The van der Waals surface area contributed by atoms with Gasteiger partial charge in [-0.05, 0) is 30.3 Å². The molecule has 3 rings (SSSR count). The van der Waals surface area contributed by atoms with E-state index < -0.39 is 0 Å². The van der Waals surface area contributed by atoms with Crippen LogP contribution < -0.4 is 10.2 Å². The maximum atomic E-state index is 12.4. The van der Waals surface area contributed by atoms with Crippen molar-refractivity contribution in [2.24, 2.45) is 0 Å². The predicted octanol–water partition coefficient (Wildman–Crippen LogP) is 3.75. The number of carbonyl (C=O) groups excluding carboxylic acids is 1. The van der Waals surface area contributed by atoms with Crippen LogP contribution >= 0.6 is 23.2 Å². The minimum Gasteiger partial charge on any atom is -0.376 e. The Balaban J connectivity index is 1.50. The fourth-order valence-electron chi connectivity index (χ4n) is 2.80. The van der Waals surface area contributed by atoms with Crippen molar-refractivity contribution >= 4 is 40.5 Å². The number of carbonyl (C=O) groups is 1. The third kappa shape index (κ3) is 4.34. The Labute approximate surface area is 152 Å². The zero-order valence-corrected chi connectivity index (χ0v) is 14.7. The molecule has 2 aromatic carbocycles. The lowest BCUT2D eigenvalue weighted by atomic mass is 10.2. The maximum absolute atomic E-state index is 12.4. The fourth-order valence-corrected chi connectivity index (χ4v) is 3.32. The Morgan fingerprint density at radius 1 is 0.958 bits per heavy atom. The summed E-state index contributed by atoms with van der Waals surface area (Å²) in [5.41, 5.74) is 1.96. The third-order valence-corrected chi connectivity index (χ3v) is 4.50. The topological polar surface area (TPSA) is 35.6 Å². The first kappa shape index (κ1) is 16.9. The molecule has 0 saturated carbocycles. The van der Waals surface area contributed by atoms with Crippen LogP contribution in [0.25, 0.3) is 0 Å². The van der Waals surface area contributed by atoms with Gasteiger partial charge in [-0.2, -0.15) is 0 Å². The Morgan fingerprint density at radius 2 is 1.58 bits per heavy atom. The monoisotopic (exact) mass is 363 g/mol. The second kappa shape index (κ2) is 7.77. The van der Waals surface area contributed by atoms with E-state index in [-0.39, 0.29) is 12.5 Å². The van der Waals surface area contributed by atoms with Crippen molar-refractivity contribution in [3.8, 4) is 0 Å². The third-order valence-electron chi connectivity index (χ3n) is 4.06. The minimum absolute atomic E-state index is 0.0822. The van der Waals surface area contributed by atoms with E-state index in [9.17, 15) is 4.79 Å². The van der Waals surface area contributed by atoms with Crippen molar-refractivity contribution in [2.75, 3.05) is 42.9 Å². The van der Waals surface area contributed by atoms with Crippen LogP contribution in [-0.4, -0.2) is 43.5 Å². The molecule has 1 aliphatic rings. The number of hydrogen-bond donors (Lipinski definition) is 1. The van der Waals surface area contributed by atoms with Gasteiger partial charge in [0.2, 0.25) is 5.91 Å². The lowest BCUT2D eigenvalue weighted by molar-refractivity contribution is -0.129. The highest BCUT2D eigenvalue weighted by Crippen LogP contribution is 2.22. The summed E-state index contributed by atoms with van der Waals surface area (Å²) in [4.78, 5) is 16.6. The minimum atomic E-state index is 0.0822. The number of halogens is 2. The number of nitrogens with zero attached hydrogens (tertiary/aromatic N) is 2. The molecule has 0 radical (unpaired) electrons. The number of nitrogens with one attached hydrogen (secondary N) is 1. The molecule has 1 heterocycles. The maximum Gasteiger partial charge on any atom is 0.241 e. The van der Waals surface area contributed by atoms with E-state index in [1.54, 1.807) is 18.2 Å². The Hall–Kier alpha value is -1.91. The molecular formula is C18H19Cl2N3O. The molecule has 0 atom stereocenters. The number of amides is 1. The van der Waals surface area contributed by atoms with E-state index >= 15 is 0 Å². The van der Waals surface area contributed by atoms with E-state index in [0.717, 1.165) is 31.9 Å². The second-order valence-electron chi connectivity index (χ2n) is 5.72. The first-order chi connectivity index (χ1) is 11.6. The SMILES string of the molecule is O=C(CNc1cc(Cl)cc(Cl)c1)N1CCN(c2ccccc2)CC1. The van der Waals surface area contributed by atoms with Gasteiger partial charge in [0, 0.05) is 47.6 Å². The van der Waals surface area contributed by atoms with E-state index in [0.29, 0.717) is 10.0 Å². The molecule has 1 fully saturated rings. The van der Waals surface area contributed by atoms with Crippen LogP contribution in [0.2, 0.25) is 10.0 Å². The molecule has 1 saturated heterocycles. The van der Waals surface area contributed by atoms with Crippen LogP contribution in [0.15, 0.2) is 48.5 Å². The number of hydrogen-bond acceptors (Lipinski definition) is 3. The van der Waals surface area contributed by atoms with Gasteiger partial charge in [-0.25, -0.2) is 0 Å². The van der Waals surface area contributed by atoms with Crippen molar-refractivity contribution in [3.63, 3.8) is 0 Å². The van der Waals surface area contributed by atoms with Crippen LogP contribution in [0, 0.1) is 0 Å². The molecule has 0 unspecified atom stereocenters. The number of rotatable bonds is 4. The van der Waals surface area contributed by atoms with Gasteiger partial charge in [0.25, 0.3) is 0 Å². The summed E-state index contributed by atoms with van der Waals surface area (Å²) in [7, 11) is 0. The molecule has 1 amide bonds. The largest absolute Gasteiger partial charge is 0.376 e. The lowest BCUT2D eigenvalue weighted by Gasteiger charge is -2.36. The highest BCUT2D eigenvalue weighted by Gasteiger charge is 2.20. The first-order valence-electron chi connectivity index (χ1n) is 7.89. The van der Waals surface area contributed by atoms with Crippen molar-refractivity contribution in [1.82, 2.24) is 4.90 Å². The second-order valence-corrected chi connectivity index (χ2v) is 6.59. The molecule has 1 aliphatic heterocycles. The highest BCUT2D eigenvalue weighted by atomic mass is 35.5. The van der Waals surface area contributed by atoms with Crippen LogP contribution in [0.4, 0.5) is 11.4 Å². The average molecular weight is 364 g/mol. The number of anilines is 2. The molecule has 0 aliphatic carbocycles. The molecule has 0 spiro atoms. The highest BCUT2D eigenvalue weighted by molar-refractivity contribution is 6.35. The number of benzene rings is 2. The van der Waals surface area contributed by atoms with Crippen molar-refractivity contribution in [2.45, 2.75) is 0 Å². The Bertz CT molecular complexity index is 680. The van der Waals surface area contributed by atoms with Gasteiger partial charge in [0.15, 0.2) is 0 Å². The van der Waals surface area contributed by atoms with Crippen LogP contribution in [0.1, 0.15) is 0 Å². The summed E-state index contributed by atoms with van der Waals surface area (Å²) < 4.78 is 0. The summed E-state index contributed by atoms with van der Waals surface area (Å²) in [6, 6.07) is 15.5. The Kier molecular flexibility index (Phi) is 5.48. The van der Waals surface area contributed by atoms with Crippen molar-refractivity contribution in [3.05, 3.63) is 58.6 Å². The van der Waals surface area contributed by atoms with Gasteiger partial charge in [-0.1, -0.05) is 41.4 Å². The van der Waals surface area contributed by atoms with Gasteiger partial charge in [-0.15, -0.1) is 0 Å². The average Bonchev–Trinajstić information content (AvgIpc) is 2.60. The smallest absolute Gasteiger partial charge is 0.241 e. The lowest BCUT2D eigenvalue weighted by Crippen LogP contribution is -2.50. The number of piperazine rings is 1. The van der Waals surface area contributed by atoms with Gasteiger partial charge in [0.1, 0.15) is 0 Å². The van der Waals surface area contributed by atoms with E-state index in [4.69, 9.17) is 23.2 Å². The van der Waals surface area contributed by atoms with Gasteiger partial charge >= 0.3 is 0 Å². The molecule has 4 nitrogen and oxygen atoms in total. The zero-order valence-electron chi connectivity index (χ0n) is 13.2. The van der Waals surface area contributed by atoms with E-state index in [2.05, 4.69) is 22.3 Å². The molecule has 0 bridgehead atoms. The van der Waals surface area contributed by atoms with E-state index in [1.165, 1.54) is 5.69 Å². The molecule has 126 valence electrons. The molecular weight excluding hydrogens is 345 g/mol. The van der Waals surface area contributed by atoms with Crippen LogP contribution in [-0.2, 0) is 4.79 Å². The molecule has 0 aromatic heterocycles. The molecule has 2 aromatic rings.